The Hall–Kier alpha value is -0.0100. The van der Waals surface area contributed by atoms with Gasteiger partial charge in [-0.25, -0.2) is 0 Å². The summed E-state index contributed by atoms with van der Waals surface area (Å²) in [5.41, 5.74) is 1.39. The van der Waals surface area contributed by atoms with Gasteiger partial charge in [0.05, 0.1) is 5.38 Å². The average molecular weight is 229 g/mol. The van der Waals surface area contributed by atoms with Crippen molar-refractivity contribution in [3.63, 3.8) is 0 Å². The highest BCUT2D eigenvalue weighted by Crippen LogP contribution is 2.42. The first-order valence-corrected chi connectivity index (χ1v) is 6.65. The molecule has 0 nitrogen and oxygen atoms in total. The Bertz CT molecular complexity index is 310. The Morgan fingerprint density at radius 1 is 1.36 bits per heavy atom. The van der Waals surface area contributed by atoms with Crippen molar-refractivity contribution in [3.05, 3.63) is 21.4 Å². The normalized spacial score (nSPS) is 20.2. The molecule has 1 saturated carbocycles. The maximum Gasteiger partial charge on any atom is 0.0624 e. The number of hydrogen-bond donors (Lipinski definition) is 0. The first kappa shape index (κ1) is 10.5. The van der Waals surface area contributed by atoms with Gasteiger partial charge < -0.3 is 0 Å². The van der Waals surface area contributed by atoms with Gasteiger partial charge in [-0.05, 0) is 44.2 Å². The van der Waals surface area contributed by atoms with Gasteiger partial charge in [0, 0.05) is 9.75 Å². The summed E-state index contributed by atoms with van der Waals surface area (Å²) >= 11 is 8.41. The molecule has 1 aliphatic carbocycles. The maximum atomic E-state index is 6.54. The van der Waals surface area contributed by atoms with E-state index in [1.807, 2.05) is 11.3 Å². The number of aryl methyl sites for hydroxylation is 2. The second-order valence-electron chi connectivity index (χ2n) is 4.31. The molecular formula is C12H17ClS. The molecule has 0 radical (unpaired) electrons. The predicted molar refractivity (Wildman–Crippen MR) is 64.3 cm³/mol. The zero-order valence-corrected chi connectivity index (χ0v) is 10.4. The van der Waals surface area contributed by atoms with Crippen molar-refractivity contribution in [2.45, 2.75) is 44.9 Å². The van der Waals surface area contributed by atoms with E-state index < -0.39 is 0 Å². The topological polar surface area (TPSA) is 0 Å². The minimum absolute atomic E-state index is 0.266. The largest absolute Gasteiger partial charge is 0.146 e. The van der Waals surface area contributed by atoms with Gasteiger partial charge in [-0.15, -0.1) is 22.9 Å². The molecule has 0 aliphatic heterocycles. The van der Waals surface area contributed by atoms with Gasteiger partial charge in [0.25, 0.3) is 0 Å². The Morgan fingerprint density at radius 3 is 2.50 bits per heavy atom. The molecular weight excluding hydrogens is 212 g/mol. The van der Waals surface area contributed by atoms with E-state index in [9.17, 15) is 0 Å². The molecule has 1 unspecified atom stereocenters. The van der Waals surface area contributed by atoms with Crippen LogP contribution in [0.1, 0.15) is 46.4 Å². The first-order chi connectivity index (χ1) is 6.68. The van der Waals surface area contributed by atoms with Crippen LogP contribution in [0.3, 0.4) is 0 Å². The number of halogens is 1. The van der Waals surface area contributed by atoms with Crippen molar-refractivity contribution < 1.29 is 0 Å². The standard InChI is InChI=1S/C12H17ClS/c1-8-7-11(9(2)14-8)12(13)10-5-3-4-6-10/h7,10,12H,3-6H2,1-2H3. The van der Waals surface area contributed by atoms with Crippen LogP contribution < -0.4 is 0 Å². The fraction of sp³-hybridized carbons (Fsp3) is 0.667. The van der Waals surface area contributed by atoms with Crippen LogP contribution >= 0.6 is 22.9 Å². The lowest BCUT2D eigenvalue weighted by Gasteiger charge is -2.16. The fourth-order valence-electron chi connectivity index (χ4n) is 2.43. The molecule has 0 amide bonds. The quantitative estimate of drug-likeness (QED) is 0.636. The summed E-state index contributed by atoms with van der Waals surface area (Å²) in [6, 6.07) is 2.27. The lowest BCUT2D eigenvalue weighted by molar-refractivity contribution is 0.528. The summed E-state index contributed by atoms with van der Waals surface area (Å²) in [6.45, 7) is 4.36. The molecule has 2 rings (SSSR count). The second kappa shape index (κ2) is 4.24. The van der Waals surface area contributed by atoms with Crippen LogP contribution in [0.2, 0.25) is 0 Å². The molecule has 14 heavy (non-hydrogen) atoms. The van der Waals surface area contributed by atoms with E-state index >= 15 is 0 Å². The average Bonchev–Trinajstić information content (AvgIpc) is 2.73. The van der Waals surface area contributed by atoms with E-state index in [4.69, 9.17) is 11.6 Å². The molecule has 1 aromatic heterocycles. The van der Waals surface area contributed by atoms with Crippen LogP contribution in [0, 0.1) is 19.8 Å². The summed E-state index contributed by atoms with van der Waals surface area (Å²) < 4.78 is 0. The lowest BCUT2D eigenvalue weighted by Crippen LogP contribution is -2.03. The molecule has 1 fully saturated rings. The van der Waals surface area contributed by atoms with Crippen LogP contribution in [0.25, 0.3) is 0 Å². The van der Waals surface area contributed by atoms with Crippen LogP contribution in [0.15, 0.2) is 6.07 Å². The Balaban J connectivity index is 2.17. The SMILES string of the molecule is Cc1cc(C(Cl)C2CCCC2)c(C)s1. The fourth-order valence-corrected chi connectivity index (χ4v) is 3.94. The van der Waals surface area contributed by atoms with E-state index in [2.05, 4.69) is 19.9 Å². The Kier molecular flexibility index (Phi) is 3.18. The van der Waals surface area contributed by atoms with Gasteiger partial charge in [0.2, 0.25) is 0 Å². The molecule has 0 saturated heterocycles. The minimum atomic E-state index is 0.266. The number of hydrogen-bond acceptors (Lipinski definition) is 1. The Labute approximate surface area is 95.3 Å². The van der Waals surface area contributed by atoms with Crippen molar-refractivity contribution >= 4 is 22.9 Å². The van der Waals surface area contributed by atoms with E-state index in [0.29, 0.717) is 0 Å². The summed E-state index contributed by atoms with van der Waals surface area (Å²) in [5, 5.41) is 0.266. The smallest absolute Gasteiger partial charge is 0.0624 e. The first-order valence-electron chi connectivity index (χ1n) is 5.39. The second-order valence-corrected chi connectivity index (χ2v) is 6.25. The minimum Gasteiger partial charge on any atom is -0.146 e. The van der Waals surface area contributed by atoms with Crippen LogP contribution in [-0.2, 0) is 0 Å². The summed E-state index contributed by atoms with van der Waals surface area (Å²) in [7, 11) is 0. The summed E-state index contributed by atoms with van der Waals surface area (Å²) in [5.74, 6) is 0.726. The molecule has 1 aliphatic rings. The number of alkyl halides is 1. The van der Waals surface area contributed by atoms with E-state index in [1.165, 1.54) is 41.0 Å². The van der Waals surface area contributed by atoms with Crippen LogP contribution in [0.5, 0.6) is 0 Å². The lowest BCUT2D eigenvalue weighted by atomic mass is 9.98. The van der Waals surface area contributed by atoms with E-state index in [0.717, 1.165) is 5.92 Å². The van der Waals surface area contributed by atoms with Gasteiger partial charge in [-0.2, -0.15) is 0 Å². The third kappa shape index (κ3) is 1.99. The van der Waals surface area contributed by atoms with Crippen molar-refractivity contribution in [3.8, 4) is 0 Å². The molecule has 0 aromatic carbocycles. The monoisotopic (exact) mass is 228 g/mol. The van der Waals surface area contributed by atoms with Gasteiger partial charge in [-0.1, -0.05) is 12.8 Å². The van der Waals surface area contributed by atoms with Crippen molar-refractivity contribution in [2.75, 3.05) is 0 Å². The highest BCUT2D eigenvalue weighted by molar-refractivity contribution is 7.12. The predicted octanol–water partition coefficient (Wildman–Crippen LogP) is 4.84. The van der Waals surface area contributed by atoms with Gasteiger partial charge in [0.15, 0.2) is 0 Å². The molecule has 0 N–H and O–H groups in total. The van der Waals surface area contributed by atoms with E-state index in [-0.39, 0.29) is 5.38 Å². The third-order valence-electron chi connectivity index (χ3n) is 3.19. The number of rotatable bonds is 2. The maximum absolute atomic E-state index is 6.54. The van der Waals surface area contributed by atoms with Crippen molar-refractivity contribution in [1.29, 1.82) is 0 Å². The summed E-state index contributed by atoms with van der Waals surface area (Å²) in [4.78, 5) is 2.80. The van der Waals surface area contributed by atoms with Crippen LogP contribution in [0.4, 0.5) is 0 Å². The molecule has 1 atom stereocenters. The van der Waals surface area contributed by atoms with Crippen molar-refractivity contribution in [2.24, 2.45) is 5.92 Å². The summed E-state index contributed by atoms with van der Waals surface area (Å²) in [6.07, 6.45) is 5.39. The highest BCUT2D eigenvalue weighted by atomic mass is 35.5. The third-order valence-corrected chi connectivity index (χ3v) is 4.76. The molecule has 1 aromatic rings. The molecule has 2 heteroatoms. The number of thiophene rings is 1. The van der Waals surface area contributed by atoms with Gasteiger partial charge in [0.1, 0.15) is 0 Å². The zero-order valence-electron chi connectivity index (χ0n) is 8.85. The molecule has 1 heterocycles. The van der Waals surface area contributed by atoms with Crippen molar-refractivity contribution in [1.82, 2.24) is 0 Å². The molecule has 0 bridgehead atoms. The Morgan fingerprint density at radius 2 is 2.00 bits per heavy atom. The van der Waals surface area contributed by atoms with Crippen LogP contribution in [-0.4, -0.2) is 0 Å². The highest BCUT2D eigenvalue weighted by Gasteiger charge is 2.26. The molecule has 0 spiro atoms. The molecule has 78 valence electrons. The zero-order chi connectivity index (χ0) is 10.1. The van der Waals surface area contributed by atoms with E-state index in [1.54, 1.807) is 0 Å². The van der Waals surface area contributed by atoms with Gasteiger partial charge in [-0.3, -0.25) is 0 Å². The van der Waals surface area contributed by atoms with Gasteiger partial charge >= 0.3 is 0 Å².